The molecule has 2 unspecified atom stereocenters. The third-order valence-electron chi connectivity index (χ3n) is 5.03. The molecule has 0 saturated heterocycles. The van der Waals surface area contributed by atoms with Gasteiger partial charge in [-0.2, -0.15) is 4.98 Å². The van der Waals surface area contributed by atoms with Crippen molar-refractivity contribution in [1.82, 2.24) is 15.0 Å². The molecule has 1 aromatic carbocycles. The van der Waals surface area contributed by atoms with Gasteiger partial charge in [0.15, 0.2) is 0 Å². The number of hydrogen-bond donors (Lipinski definition) is 0. The molecule has 1 aromatic heterocycles. The van der Waals surface area contributed by atoms with E-state index < -0.39 is 0 Å². The van der Waals surface area contributed by atoms with Crippen molar-refractivity contribution >= 4 is 23.5 Å². The number of likely N-dealkylation sites (N-methyl/N-ethyl adjacent to an activating group) is 1. The van der Waals surface area contributed by atoms with Crippen LogP contribution in [0.2, 0.25) is 5.02 Å². The summed E-state index contributed by atoms with van der Waals surface area (Å²) in [5.74, 6) is 1.68. The van der Waals surface area contributed by atoms with Crippen LogP contribution in [0, 0.1) is 5.92 Å². The van der Waals surface area contributed by atoms with Crippen molar-refractivity contribution in [2.45, 2.75) is 32.4 Å². The summed E-state index contributed by atoms with van der Waals surface area (Å²) in [7, 11) is 2.00. The summed E-state index contributed by atoms with van der Waals surface area (Å²) in [6.45, 7) is 3.90. The molecule has 0 fully saturated rings. The van der Waals surface area contributed by atoms with Crippen molar-refractivity contribution in [3.63, 3.8) is 0 Å². The van der Waals surface area contributed by atoms with Gasteiger partial charge < -0.3 is 19.0 Å². The zero-order chi connectivity index (χ0) is 20.5. The lowest BCUT2D eigenvalue weighted by Gasteiger charge is -2.28. The molecule has 0 amide bonds. The van der Waals surface area contributed by atoms with Crippen LogP contribution >= 0.6 is 11.6 Å². The Morgan fingerprint density at radius 2 is 2.21 bits per heavy atom. The van der Waals surface area contributed by atoms with Crippen molar-refractivity contribution in [3.8, 4) is 17.2 Å². The zero-order valence-corrected chi connectivity index (χ0v) is 17.3. The Morgan fingerprint density at radius 1 is 1.38 bits per heavy atom. The second-order valence-corrected chi connectivity index (χ2v) is 7.86. The average Bonchev–Trinajstić information content (AvgIpc) is 3.29. The van der Waals surface area contributed by atoms with Crippen LogP contribution in [0.1, 0.15) is 26.1 Å². The zero-order valence-electron chi connectivity index (χ0n) is 16.5. The topological polar surface area (TPSA) is 68.5 Å². The fourth-order valence-electron chi connectivity index (χ4n) is 3.84. The van der Waals surface area contributed by atoms with E-state index in [9.17, 15) is 4.79 Å². The average molecular weight is 412 g/mol. The Morgan fingerprint density at radius 3 is 2.93 bits per heavy atom. The largest absolute Gasteiger partial charge is 0.489 e. The number of nitrogens with zero attached hydrogens (tertiary/aromatic N) is 3. The van der Waals surface area contributed by atoms with Crippen LogP contribution in [0.25, 0.3) is 17.0 Å². The highest BCUT2D eigenvalue weighted by molar-refractivity contribution is 6.32. The van der Waals surface area contributed by atoms with E-state index in [4.69, 9.17) is 20.9 Å². The van der Waals surface area contributed by atoms with Crippen LogP contribution in [-0.4, -0.2) is 40.5 Å². The second-order valence-electron chi connectivity index (χ2n) is 7.45. The number of aldehydes is 1. The van der Waals surface area contributed by atoms with Crippen LogP contribution in [0.15, 0.2) is 52.7 Å². The van der Waals surface area contributed by atoms with Gasteiger partial charge in [-0.1, -0.05) is 35.0 Å². The number of rotatable bonds is 6. The molecule has 0 saturated carbocycles. The Bertz CT molecular complexity index is 1020. The maximum Gasteiger partial charge on any atom is 0.258 e. The molecule has 1 aliphatic heterocycles. The number of ether oxygens (including phenoxy) is 1. The van der Waals surface area contributed by atoms with Gasteiger partial charge in [0, 0.05) is 30.5 Å². The summed E-state index contributed by atoms with van der Waals surface area (Å²) in [6, 6.07) is 5.47. The van der Waals surface area contributed by atoms with Gasteiger partial charge in [-0.25, -0.2) is 0 Å². The summed E-state index contributed by atoms with van der Waals surface area (Å²) >= 11 is 6.34. The Hall–Kier alpha value is -2.86. The second kappa shape index (κ2) is 7.87. The quantitative estimate of drug-likeness (QED) is 0.650. The normalized spacial score (nSPS) is 20.5. The molecule has 2 heterocycles. The van der Waals surface area contributed by atoms with E-state index in [0.717, 1.165) is 23.0 Å². The highest BCUT2D eigenvalue weighted by Crippen LogP contribution is 2.40. The van der Waals surface area contributed by atoms with Crippen LogP contribution in [0.3, 0.4) is 0 Å². The van der Waals surface area contributed by atoms with E-state index in [2.05, 4.69) is 21.1 Å². The third-order valence-corrected chi connectivity index (χ3v) is 5.33. The standard InChI is InChI=1S/C22H22ClN3O3/c1-13(2)28-19-8-7-14(11-18(19)23)22-24-21(25-29-22)17-6-4-5-16-15(9-10-27)12-26(3)20(16)17/h4-8,10-13,16,20H,9H2,1-3H3. The molecule has 0 radical (unpaired) electrons. The molecule has 4 rings (SSSR count). The lowest BCUT2D eigenvalue weighted by molar-refractivity contribution is -0.107. The number of allylic oxidation sites excluding steroid dienone is 2. The minimum Gasteiger partial charge on any atom is -0.489 e. The first-order valence-corrected chi connectivity index (χ1v) is 9.91. The Labute approximate surface area is 174 Å². The molecule has 7 heteroatoms. The van der Waals surface area contributed by atoms with Crippen molar-refractivity contribution < 1.29 is 14.1 Å². The van der Waals surface area contributed by atoms with E-state index in [-0.39, 0.29) is 18.1 Å². The van der Waals surface area contributed by atoms with Crippen LogP contribution in [0.5, 0.6) is 5.75 Å². The number of fused-ring (bicyclic) bond motifs is 1. The highest BCUT2D eigenvalue weighted by Gasteiger charge is 2.37. The van der Waals surface area contributed by atoms with Crippen LogP contribution in [0.4, 0.5) is 0 Å². The maximum absolute atomic E-state index is 11.0. The lowest BCUT2D eigenvalue weighted by Crippen LogP contribution is -2.31. The fraction of sp³-hybridized carbons (Fsp3) is 0.318. The third kappa shape index (κ3) is 3.72. The summed E-state index contributed by atoms with van der Waals surface area (Å²) in [5, 5.41) is 4.70. The van der Waals surface area contributed by atoms with Crippen molar-refractivity contribution in [3.05, 3.63) is 59.0 Å². The number of hydrogen-bond acceptors (Lipinski definition) is 6. The van der Waals surface area contributed by atoms with E-state index in [1.165, 1.54) is 0 Å². The van der Waals surface area contributed by atoms with Gasteiger partial charge in [-0.15, -0.1) is 0 Å². The highest BCUT2D eigenvalue weighted by atomic mass is 35.5. The molecule has 29 heavy (non-hydrogen) atoms. The number of halogens is 1. The van der Waals surface area contributed by atoms with Gasteiger partial charge in [0.05, 0.1) is 17.2 Å². The number of aromatic nitrogens is 2. The van der Waals surface area contributed by atoms with Crippen LogP contribution in [-0.2, 0) is 4.79 Å². The molecule has 2 atom stereocenters. The smallest absolute Gasteiger partial charge is 0.258 e. The first-order chi connectivity index (χ1) is 14.0. The van der Waals surface area contributed by atoms with E-state index >= 15 is 0 Å². The van der Waals surface area contributed by atoms with E-state index in [0.29, 0.717) is 28.9 Å². The monoisotopic (exact) mass is 411 g/mol. The van der Waals surface area contributed by atoms with Gasteiger partial charge >= 0.3 is 0 Å². The van der Waals surface area contributed by atoms with Crippen molar-refractivity contribution in [2.75, 3.05) is 7.05 Å². The minimum absolute atomic E-state index is 0.0358. The molecule has 0 spiro atoms. The molecule has 0 bridgehead atoms. The molecular weight excluding hydrogens is 390 g/mol. The predicted molar refractivity (Wildman–Crippen MR) is 111 cm³/mol. The summed E-state index contributed by atoms with van der Waals surface area (Å²) in [4.78, 5) is 17.7. The first-order valence-electron chi connectivity index (χ1n) is 9.53. The van der Waals surface area contributed by atoms with Gasteiger partial charge in [-0.05, 0) is 43.8 Å². The molecule has 2 aliphatic rings. The summed E-state index contributed by atoms with van der Waals surface area (Å²) < 4.78 is 11.2. The number of carbonyl (C=O) groups excluding carboxylic acids is 1. The van der Waals surface area contributed by atoms with Crippen molar-refractivity contribution in [1.29, 1.82) is 0 Å². The Balaban J connectivity index is 1.60. The molecule has 1 aliphatic carbocycles. The number of benzene rings is 1. The van der Waals surface area contributed by atoms with Gasteiger partial charge in [0.1, 0.15) is 12.0 Å². The molecule has 0 N–H and O–H groups in total. The SMILES string of the molecule is CC(C)Oc1ccc(-c2nc(C3=CC=CC4C(CC=O)=CN(C)C34)no2)cc1Cl. The predicted octanol–water partition coefficient (Wildman–Crippen LogP) is 4.53. The minimum atomic E-state index is 0.0358. The Kier molecular flexibility index (Phi) is 5.28. The van der Waals surface area contributed by atoms with E-state index in [1.807, 2.05) is 45.3 Å². The van der Waals surface area contributed by atoms with Gasteiger partial charge in [0.2, 0.25) is 5.82 Å². The maximum atomic E-state index is 11.0. The molecule has 6 nitrogen and oxygen atoms in total. The fourth-order valence-corrected chi connectivity index (χ4v) is 4.06. The van der Waals surface area contributed by atoms with Crippen LogP contribution < -0.4 is 4.74 Å². The summed E-state index contributed by atoms with van der Waals surface area (Å²) in [6.07, 6.45) is 9.52. The molecule has 150 valence electrons. The van der Waals surface area contributed by atoms with Gasteiger partial charge in [-0.3, -0.25) is 0 Å². The molecule has 2 aromatic rings. The van der Waals surface area contributed by atoms with E-state index in [1.54, 1.807) is 12.1 Å². The lowest BCUT2D eigenvalue weighted by atomic mass is 9.84. The van der Waals surface area contributed by atoms with Gasteiger partial charge in [0.25, 0.3) is 5.89 Å². The van der Waals surface area contributed by atoms with Crippen molar-refractivity contribution in [2.24, 2.45) is 5.92 Å². The first kappa shape index (κ1) is 19.5. The summed E-state index contributed by atoms with van der Waals surface area (Å²) in [5.41, 5.74) is 2.77. The molecular formula is C22H22ClN3O3. The number of carbonyl (C=O) groups is 1.